The normalized spacial score (nSPS) is 15.1. The smallest absolute Gasteiger partial charge is 0.123 e. The van der Waals surface area contributed by atoms with Crippen molar-refractivity contribution in [2.24, 2.45) is 5.73 Å². The van der Waals surface area contributed by atoms with Crippen LogP contribution in [0.25, 0.3) is 0 Å². The fourth-order valence-electron chi connectivity index (χ4n) is 1.44. The molecule has 1 aromatic carbocycles. The Bertz CT molecular complexity index is 286. The molecule has 0 aliphatic heterocycles. The van der Waals surface area contributed by atoms with Crippen LogP contribution in [0, 0.1) is 5.82 Å². The van der Waals surface area contributed by atoms with E-state index in [2.05, 4.69) is 0 Å². The lowest BCUT2D eigenvalue weighted by atomic mass is 9.92. The van der Waals surface area contributed by atoms with E-state index in [0.29, 0.717) is 6.54 Å². The van der Waals surface area contributed by atoms with Gasteiger partial charge in [-0.25, -0.2) is 4.39 Å². The van der Waals surface area contributed by atoms with Gasteiger partial charge in [-0.3, -0.25) is 0 Å². The van der Waals surface area contributed by atoms with Crippen molar-refractivity contribution in [3.8, 4) is 0 Å². The Morgan fingerprint density at radius 2 is 1.93 bits per heavy atom. The molecule has 1 unspecified atom stereocenters. The highest BCUT2D eigenvalue weighted by Crippen LogP contribution is 2.27. The van der Waals surface area contributed by atoms with Gasteiger partial charge in [0.05, 0.1) is 5.60 Å². The topological polar surface area (TPSA) is 35.2 Å². The number of nitrogens with two attached hydrogens (primary N) is 1. The number of hydrogen-bond donors (Lipinski definition) is 1. The van der Waals surface area contributed by atoms with E-state index in [1.54, 1.807) is 19.2 Å². The quantitative estimate of drug-likeness (QED) is 0.801. The molecule has 1 aromatic rings. The van der Waals surface area contributed by atoms with Crippen molar-refractivity contribution >= 4 is 0 Å². The van der Waals surface area contributed by atoms with Gasteiger partial charge in [0.15, 0.2) is 0 Å². The molecule has 2 N–H and O–H groups in total. The number of hydrogen-bond acceptors (Lipinski definition) is 2. The number of halogens is 1. The van der Waals surface area contributed by atoms with E-state index in [1.165, 1.54) is 12.1 Å². The highest BCUT2D eigenvalue weighted by Gasteiger charge is 2.24. The standard InChI is InChI=1S/C11H16FNO/c1-11(14-2,7-8-13)9-3-5-10(12)6-4-9/h3-6H,7-8,13H2,1-2H3. The molecular formula is C11H16FNO. The molecular weight excluding hydrogens is 181 g/mol. The minimum Gasteiger partial charge on any atom is -0.374 e. The third kappa shape index (κ3) is 2.30. The second-order valence-corrected chi connectivity index (χ2v) is 3.48. The molecule has 0 heterocycles. The molecule has 0 amide bonds. The van der Waals surface area contributed by atoms with Crippen molar-refractivity contribution in [1.29, 1.82) is 0 Å². The average Bonchev–Trinajstić information content (AvgIpc) is 2.19. The Balaban J connectivity index is 2.94. The van der Waals surface area contributed by atoms with Crippen molar-refractivity contribution in [2.45, 2.75) is 18.9 Å². The summed E-state index contributed by atoms with van der Waals surface area (Å²) in [5.74, 6) is -0.236. The SMILES string of the molecule is COC(C)(CCN)c1ccc(F)cc1. The van der Waals surface area contributed by atoms with Gasteiger partial charge < -0.3 is 10.5 Å². The van der Waals surface area contributed by atoms with Crippen LogP contribution in [0.15, 0.2) is 24.3 Å². The minimum absolute atomic E-state index is 0.236. The summed E-state index contributed by atoms with van der Waals surface area (Å²) in [7, 11) is 1.64. The van der Waals surface area contributed by atoms with Gasteiger partial charge in [-0.1, -0.05) is 12.1 Å². The highest BCUT2D eigenvalue weighted by atomic mass is 19.1. The van der Waals surface area contributed by atoms with Gasteiger partial charge in [-0.15, -0.1) is 0 Å². The zero-order chi connectivity index (χ0) is 10.6. The summed E-state index contributed by atoms with van der Waals surface area (Å²) in [5, 5.41) is 0. The molecule has 3 heteroatoms. The lowest BCUT2D eigenvalue weighted by Gasteiger charge is -2.28. The number of rotatable bonds is 4. The summed E-state index contributed by atoms with van der Waals surface area (Å²) in [5.41, 5.74) is 6.04. The van der Waals surface area contributed by atoms with E-state index in [1.807, 2.05) is 6.92 Å². The van der Waals surface area contributed by atoms with Gasteiger partial charge in [-0.2, -0.15) is 0 Å². The van der Waals surface area contributed by atoms with Crippen molar-refractivity contribution in [3.05, 3.63) is 35.6 Å². The molecule has 78 valence electrons. The maximum atomic E-state index is 12.7. The van der Waals surface area contributed by atoms with Crippen LogP contribution in [-0.4, -0.2) is 13.7 Å². The lowest BCUT2D eigenvalue weighted by molar-refractivity contribution is -0.00343. The lowest BCUT2D eigenvalue weighted by Crippen LogP contribution is -2.27. The van der Waals surface area contributed by atoms with Gasteiger partial charge >= 0.3 is 0 Å². The first-order valence-corrected chi connectivity index (χ1v) is 4.63. The van der Waals surface area contributed by atoms with Crippen LogP contribution in [0.3, 0.4) is 0 Å². The summed E-state index contributed by atoms with van der Waals surface area (Å²) < 4.78 is 18.1. The molecule has 0 aromatic heterocycles. The second-order valence-electron chi connectivity index (χ2n) is 3.48. The number of ether oxygens (including phenoxy) is 1. The molecule has 0 saturated carbocycles. The molecule has 0 spiro atoms. The van der Waals surface area contributed by atoms with E-state index < -0.39 is 5.60 Å². The summed E-state index contributed by atoms with van der Waals surface area (Å²) in [6, 6.07) is 6.33. The van der Waals surface area contributed by atoms with Gasteiger partial charge in [0.1, 0.15) is 5.82 Å². The largest absolute Gasteiger partial charge is 0.374 e. The second kappa shape index (κ2) is 4.53. The van der Waals surface area contributed by atoms with Crippen LogP contribution in [0.2, 0.25) is 0 Å². The average molecular weight is 197 g/mol. The van der Waals surface area contributed by atoms with Crippen LogP contribution in [0.4, 0.5) is 4.39 Å². The van der Waals surface area contributed by atoms with Gasteiger partial charge in [0.2, 0.25) is 0 Å². The molecule has 1 atom stereocenters. The fourth-order valence-corrected chi connectivity index (χ4v) is 1.44. The maximum Gasteiger partial charge on any atom is 0.123 e. The highest BCUT2D eigenvalue weighted by molar-refractivity contribution is 5.22. The molecule has 1 rings (SSSR count). The summed E-state index contributed by atoms with van der Waals surface area (Å²) in [6.45, 7) is 2.49. The predicted molar refractivity (Wildman–Crippen MR) is 54.4 cm³/mol. The molecule has 0 aliphatic carbocycles. The first-order chi connectivity index (χ1) is 6.62. The number of benzene rings is 1. The van der Waals surface area contributed by atoms with Crippen LogP contribution in [0.1, 0.15) is 18.9 Å². The monoisotopic (exact) mass is 197 g/mol. The molecule has 2 nitrogen and oxygen atoms in total. The summed E-state index contributed by atoms with van der Waals surface area (Å²) in [4.78, 5) is 0. The van der Waals surface area contributed by atoms with Crippen LogP contribution in [0.5, 0.6) is 0 Å². The van der Waals surface area contributed by atoms with E-state index >= 15 is 0 Å². The summed E-state index contributed by atoms with van der Waals surface area (Å²) >= 11 is 0. The Hall–Kier alpha value is -0.930. The van der Waals surface area contributed by atoms with Gasteiger partial charge in [-0.05, 0) is 37.6 Å². The van der Waals surface area contributed by atoms with Crippen LogP contribution >= 0.6 is 0 Å². The third-order valence-corrected chi connectivity index (χ3v) is 2.53. The van der Waals surface area contributed by atoms with Crippen molar-refractivity contribution < 1.29 is 9.13 Å². The Kier molecular flexibility index (Phi) is 3.61. The maximum absolute atomic E-state index is 12.7. The zero-order valence-corrected chi connectivity index (χ0v) is 8.59. The van der Waals surface area contributed by atoms with Gasteiger partial charge in [0.25, 0.3) is 0 Å². The fraction of sp³-hybridized carbons (Fsp3) is 0.455. The molecule has 0 bridgehead atoms. The van der Waals surface area contributed by atoms with Crippen molar-refractivity contribution in [3.63, 3.8) is 0 Å². The first-order valence-electron chi connectivity index (χ1n) is 4.63. The Labute approximate surface area is 83.9 Å². The molecule has 0 aliphatic rings. The first kappa shape index (κ1) is 11.1. The Morgan fingerprint density at radius 3 is 2.36 bits per heavy atom. The van der Waals surface area contributed by atoms with Crippen LogP contribution in [-0.2, 0) is 10.3 Å². The zero-order valence-electron chi connectivity index (χ0n) is 8.59. The van der Waals surface area contributed by atoms with E-state index in [4.69, 9.17) is 10.5 Å². The van der Waals surface area contributed by atoms with Crippen molar-refractivity contribution in [2.75, 3.05) is 13.7 Å². The summed E-state index contributed by atoms with van der Waals surface area (Å²) in [6.07, 6.45) is 0.717. The van der Waals surface area contributed by atoms with E-state index in [9.17, 15) is 4.39 Å². The van der Waals surface area contributed by atoms with E-state index in [-0.39, 0.29) is 5.82 Å². The Morgan fingerprint density at radius 1 is 1.36 bits per heavy atom. The predicted octanol–water partition coefficient (Wildman–Crippen LogP) is 2.04. The van der Waals surface area contributed by atoms with Crippen molar-refractivity contribution in [1.82, 2.24) is 0 Å². The molecule has 0 radical (unpaired) electrons. The molecule has 14 heavy (non-hydrogen) atoms. The number of methoxy groups -OCH3 is 1. The van der Waals surface area contributed by atoms with E-state index in [0.717, 1.165) is 12.0 Å². The minimum atomic E-state index is -0.414. The van der Waals surface area contributed by atoms with Gasteiger partial charge in [0, 0.05) is 7.11 Å². The third-order valence-electron chi connectivity index (χ3n) is 2.53. The molecule has 0 fully saturated rings. The van der Waals surface area contributed by atoms with Crippen LogP contribution < -0.4 is 5.73 Å². The molecule has 0 saturated heterocycles.